The van der Waals surface area contributed by atoms with Crippen LogP contribution in [0.5, 0.6) is 0 Å². The zero-order valence-corrected chi connectivity index (χ0v) is 8.92. The van der Waals surface area contributed by atoms with Crippen molar-refractivity contribution >= 4 is 5.97 Å². The molecule has 1 aliphatic rings. The first-order valence-corrected chi connectivity index (χ1v) is 5.22. The Morgan fingerprint density at radius 2 is 2.07 bits per heavy atom. The van der Waals surface area contributed by atoms with E-state index < -0.39 is 12.4 Å². The lowest BCUT2D eigenvalue weighted by Gasteiger charge is -2.26. The van der Waals surface area contributed by atoms with E-state index >= 15 is 0 Å². The molecule has 0 heterocycles. The van der Waals surface area contributed by atoms with Gasteiger partial charge in [-0.25, -0.2) is 8.78 Å². The van der Waals surface area contributed by atoms with Gasteiger partial charge in [0.2, 0.25) is 0 Å². The maximum Gasteiger partial charge on any atom is 0.319 e. The van der Waals surface area contributed by atoms with E-state index in [-0.39, 0.29) is 19.1 Å². The summed E-state index contributed by atoms with van der Waals surface area (Å²) in [6.07, 6.45) is 1.54. The molecule has 1 fully saturated rings. The zero-order chi connectivity index (χ0) is 11.3. The molecule has 0 radical (unpaired) electrons. The van der Waals surface area contributed by atoms with Gasteiger partial charge in [0.05, 0.1) is 20.2 Å². The van der Waals surface area contributed by atoms with Crippen LogP contribution in [0.1, 0.15) is 25.7 Å². The number of ether oxygens (including phenoxy) is 1. The lowest BCUT2D eigenvalue weighted by molar-refractivity contribution is -0.143. The normalized spacial score (nSPS) is 17.7. The minimum Gasteiger partial charge on any atom is -0.468 e. The molecule has 1 saturated carbocycles. The van der Waals surface area contributed by atoms with Gasteiger partial charge < -0.3 is 4.74 Å². The van der Waals surface area contributed by atoms with Crippen LogP contribution in [0.4, 0.5) is 8.78 Å². The van der Waals surface area contributed by atoms with E-state index in [9.17, 15) is 13.6 Å². The van der Waals surface area contributed by atoms with Gasteiger partial charge >= 0.3 is 5.97 Å². The number of halogens is 2. The number of carbonyl (C=O) groups is 1. The van der Waals surface area contributed by atoms with Crippen molar-refractivity contribution in [2.24, 2.45) is 0 Å². The highest BCUT2D eigenvalue weighted by atomic mass is 19.3. The number of alkyl halides is 2. The van der Waals surface area contributed by atoms with Crippen molar-refractivity contribution in [2.45, 2.75) is 38.2 Å². The van der Waals surface area contributed by atoms with Gasteiger partial charge in [0.25, 0.3) is 6.43 Å². The highest BCUT2D eigenvalue weighted by Crippen LogP contribution is 2.23. The summed E-state index contributed by atoms with van der Waals surface area (Å²) in [4.78, 5) is 12.6. The molecule has 0 amide bonds. The van der Waals surface area contributed by atoms with Crippen LogP contribution in [0.3, 0.4) is 0 Å². The molecular formula is C10H17F2NO2. The topological polar surface area (TPSA) is 29.5 Å². The Balaban J connectivity index is 2.47. The second kappa shape index (κ2) is 6.00. The molecule has 3 nitrogen and oxygen atoms in total. The average molecular weight is 221 g/mol. The van der Waals surface area contributed by atoms with E-state index in [0.717, 1.165) is 25.7 Å². The molecule has 0 N–H and O–H groups in total. The van der Waals surface area contributed by atoms with Crippen LogP contribution >= 0.6 is 0 Å². The molecule has 0 aromatic carbocycles. The van der Waals surface area contributed by atoms with Crippen molar-refractivity contribution in [1.29, 1.82) is 0 Å². The van der Waals surface area contributed by atoms with Crippen LogP contribution in [-0.2, 0) is 9.53 Å². The minimum atomic E-state index is -2.39. The summed E-state index contributed by atoms with van der Waals surface area (Å²) in [5, 5.41) is 0. The maximum absolute atomic E-state index is 12.3. The van der Waals surface area contributed by atoms with Crippen molar-refractivity contribution in [3.63, 3.8) is 0 Å². The van der Waals surface area contributed by atoms with Gasteiger partial charge in [-0.15, -0.1) is 0 Å². The quantitative estimate of drug-likeness (QED) is 0.661. The molecular weight excluding hydrogens is 204 g/mol. The number of methoxy groups -OCH3 is 1. The third-order valence-corrected chi connectivity index (χ3v) is 2.77. The van der Waals surface area contributed by atoms with Crippen LogP contribution < -0.4 is 0 Å². The Labute approximate surface area is 88.4 Å². The van der Waals surface area contributed by atoms with Crippen LogP contribution in [0.2, 0.25) is 0 Å². The molecule has 0 aromatic heterocycles. The molecule has 1 aliphatic carbocycles. The molecule has 0 saturated heterocycles. The fourth-order valence-electron chi connectivity index (χ4n) is 2.02. The van der Waals surface area contributed by atoms with Gasteiger partial charge in [-0.2, -0.15) is 0 Å². The predicted molar refractivity (Wildman–Crippen MR) is 51.8 cm³/mol. The van der Waals surface area contributed by atoms with Crippen molar-refractivity contribution in [2.75, 3.05) is 20.2 Å². The standard InChI is InChI=1S/C10H17F2NO2/c1-15-10(14)7-13(6-9(11)12)8-4-2-3-5-8/h8-9H,2-7H2,1H3. The van der Waals surface area contributed by atoms with E-state index in [2.05, 4.69) is 4.74 Å². The van der Waals surface area contributed by atoms with Gasteiger partial charge in [-0.1, -0.05) is 12.8 Å². The summed E-state index contributed by atoms with van der Waals surface area (Å²) in [5.74, 6) is -0.442. The van der Waals surface area contributed by atoms with E-state index in [0.29, 0.717) is 0 Å². The molecule has 0 atom stereocenters. The van der Waals surface area contributed by atoms with E-state index in [1.807, 2.05) is 0 Å². The van der Waals surface area contributed by atoms with E-state index in [4.69, 9.17) is 0 Å². The largest absolute Gasteiger partial charge is 0.468 e. The number of carbonyl (C=O) groups excluding carboxylic acids is 1. The lowest BCUT2D eigenvalue weighted by Crippen LogP contribution is -2.41. The first-order chi connectivity index (χ1) is 7.13. The smallest absolute Gasteiger partial charge is 0.319 e. The fourth-order valence-corrected chi connectivity index (χ4v) is 2.02. The van der Waals surface area contributed by atoms with Gasteiger partial charge in [0.15, 0.2) is 0 Å². The number of hydrogen-bond donors (Lipinski definition) is 0. The second-order valence-electron chi connectivity index (χ2n) is 3.83. The summed E-state index contributed by atoms with van der Waals surface area (Å²) in [6.45, 7) is -0.356. The summed E-state index contributed by atoms with van der Waals surface area (Å²) < 4.78 is 29.1. The third-order valence-electron chi connectivity index (χ3n) is 2.77. The Morgan fingerprint density at radius 1 is 1.47 bits per heavy atom. The Kier molecular flexibility index (Phi) is 4.94. The highest BCUT2D eigenvalue weighted by molar-refractivity contribution is 5.71. The SMILES string of the molecule is COC(=O)CN(CC(F)F)C1CCCC1. The summed E-state index contributed by atoms with van der Waals surface area (Å²) in [7, 11) is 1.28. The molecule has 15 heavy (non-hydrogen) atoms. The van der Waals surface area contributed by atoms with Gasteiger partial charge in [0, 0.05) is 6.04 Å². The molecule has 0 aliphatic heterocycles. The van der Waals surface area contributed by atoms with Crippen molar-refractivity contribution in [1.82, 2.24) is 4.90 Å². The van der Waals surface area contributed by atoms with E-state index in [1.54, 1.807) is 4.90 Å². The van der Waals surface area contributed by atoms with Gasteiger partial charge in [0.1, 0.15) is 0 Å². The molecule has 0 unspecified atom stereocenters. The van der Waals surface area contributed by atoms with Gasteiger partial charge in [-0.3, -0.25) is 9.69 Å². The summed E-state index contributed by atoms with van der Waals surface area (Å²) in [5.41, 5.74) is 0. The third kappa shape index (κ3) is 4.11. The Morgan fingerprint density at radius 3 is 2.53 bits per heavy atom. The number of nitrogens with zero attached hydrogens (tertiary/aromatic N) is 1. The Bertz CT molecular complexity index is 206. The van der Waals surface area contributed by atoms with Crippen molar-refractivity contribution in [3.05, 3.63) is 0 Å². The Hall–Kier alpha value is -0.710. The molecule has 88 valence electrons. The number of rotatable bonds is 5. The second-order valence-corrected chi connectivity index (χ2v) is 3.83. The predicted octanol–water partition coefficient (Wildman–Crippen LogP) is 1.67. The first-order valence-electron chi connectivity index (χ1n) is 5.22. The summed E-state index contributed by atoms with van der Waals surface area (Å²) in [6, 6.07) is 0.123. The zero-order valence-electron chi connectivity index (χ0n) is 8.92. The minimum absolute atomic E-state index is 0.0223. The van der Waals surface area contributed by atoms with E-state index in [1.165, 1.54) is 7.11 Å². The molecule has 5 heteroatoms. The fraction of sp³-hybridized carbons (Fsp3) is 0.900. The van der Waals surface area contributed by atoms with Crippen molar-refractivity contribution < 1.29 is 18.3 Å². The maximum atomic E-state index is 12.3. The molecule has 0 spiro atoms. The average Bonchev–Trinajstić information content (AvgIpc) is 2.68. The summed E-state index contributed by atoms with van der Waals surface area (Å²) >= 11 is 0. The van der Waals surface area contributed by atoms with Crippen molar-refractivity contribution in [3.8, 4) is 0 Å². The van der Waals surface area contributed by atoms with Crippen LogP contribution in [0, 0.1) is 0 Å². The van der Waals surface area contributed by atoms with Crippen LogP contribution in [0.15, 0.2) is 0 Å². The van der Waals surface area contributed by atoms with Gasteiger partial charge in [-0.05, 0) is 12.8 Å². The number of esters is 1. The lowest BCUT2D eigenvalue weighted by atomic mass is 10.2. The molecule has 1 rings (SSSR count). The molecule has 0 bridgehead atoms. The monoisotopic (exact) mass is 221 g/mol. The highest BCUT2D eigenvalue weighted by Gasteiger charge is 2.26. The first kappa shape index (κ1) is 12.4. The molecule has 0 aromatic rings. The number of hydrogen-bond acceptors (Lipinski definition) is 3. The van der Waals surface area contributed by atoms with Crippen LogP contribution in [0.25, 0.3) is 0 Å². The van der Waals surface area contributed by atoms with Crippen LogP contribution in [-0.4, -0.2) is 43.5 Å².